The summed E-state index contributed by atoms with van der Waals surface area (Å²) in [5.74, 6) is 0.678. The Kier molecular flexibility index (Phi) is 4.52. The Labute approximate surface area is 113 Å². The van der Waals surface area contributed by atoms with Gasteiger partial charge in [0.15, 0.2) is 0 Å². The van der Waals surface area contributed by atoms with E-state index in [9.17, 15) is 0 Å². The second kappa shape index (κ2) is 6.55. The van der Waals surface area contributed by atoms with Crippen LogP contribution in [0.2, 0.25) is 0 Å². The molecule has 0 aliphatic heterocycles. The molecule has 0 bridgehead atoms. The molecule has 0 spiro atoms. The maximum atomic E-state index is 9.01. The van der Waals surface area contributed by atoms with Crippen LogP contribution in [0.3, 0.4) is 0 Å². The summed E-state index contributed by atoms with van der Waals surface area (Å²) < 4.78 is 5.69. The Hall–Kier alpha value is -2.34. The van der Waals surface area contributed by atoms with E-state index in [1.165, 1.54) is 5.56 Å². The second-order valence-corrected chi connectivity index (χ2v) is 4.42. The highest BCUT2D eigenvalue weighted by molar-refractivity contribution is 5.44. The molecule has 96 valence electrons. The molecule has 0 saturated carbocycles. The SMILES string of the molecule is Cc1ccc(C#N)c(OCCCc2ccncc2)c1. The number of rotatable bonds is 5. The number of pyridine rings is 1. The Morgan fingerprint density at radius 3 is 2.74 bits per heavy atom. The lowest BCUT2D eigenvalue weighted by molar-refractivity contribution is 0.310. The molecule has 3 nitrogen and oxygen atoms in total. The first-order valence-corrected chi connectivity index (χ1v) is 6.32. The maximum absolute atomic E-state index is 9.01. The van der Waals surface area contributed by atoms with E-state index in [4.69, 9.17) is 10.00 Å². The number of hydrogen-bond donors (Lipinski definition) is 0. The van der Waals surface area contributed by atoms with Gasteiger partial charge in [-0.25, -0.2) is 0 Å². The molecule has 2 rings (SSSR count). The van der Waals surface area contributed by atoms with E-state index in [1.54, 1.807) is 18.5 Å². The van der Waals surface area contributed by atoms with Gasteiger partial charge in [-0.15, -0.1) is 0 Å². The number of ether oxygens (including phenoxy) is 1. The third-order valence-corrected chi connectivity index (χ3v) is 2.87. The van der Waals surface area contributed by atoms with Gasteiger partial charge in [0.05, 0.1) is 12.2 Å². The number of nitrogens with zero attached hydrogens (tertiary/aromatic N) is 2. The molecule has 0 aliphatic carbocycles. The fourth-order valence-corrected chi connectivity index (χ4v) is 1.85. The summed E-state index contributed by atoms with van der Waals surface area (Å²) >= 11 is 0. The normalized spacial score (nSPS) is 9.89. The molecule has 1 heterocycles. The molecule has 0 saturated heterocycles. The second-order valence-electron chi connectivity index (χ2n) is 4.42. The standard InChI is InChI=1S/C16H16N2O/c1-13-4-5-15(12-17)16(11-13)19-10-2-3-14-6-8-18-9-7-14/h4-9,11H,2-3,10H2,1H3. The Morgan fingerprint density at radius 1 is 1.21 bits per heavy atom. The van der Waals surface area contributed by atoms with E-state index in [0.29, 0.717) is 17.9 Å². The highest BCUT2D eigenvalue weighted by Gasteiger charge is 2.03. The van der Waals surface area contributed by atoms with Crippen molar-refractivity contribution in [1.29, 1.82) is 5.26 Å². The van der Waals surface area contributed by atoms with Crippen LogP contribution in [0.25, 0.3) is 0 Å². The van der Waals surface area contributed by atoms with Crippen LogP contribution < -0.4 is 4.74 Å². The molecule has 2 aromatic rings. The van der Waals surface area contributed by atoms with Crippen molar-refractivity contribution in [2.24, 2.45) is 0 Å². The molecule has 19 heavy (non-hydrogen) atoms. The van der Waals surface area contributed by atoms with Gasteiger partial charge in [-0.3, -0.25) is 4.98 Å². The molecule has 0 N–H and O–H groups in total. The largest absolute Gasteiger partial charge is 0.492 e. The summed E-state index contributed by atoms with van der Waals surface area (Å²) in [6.07, 6.45) is 5.47. The molecule has 0 radical (unpaired) electrons. The van der Waals surface area contributed by atoms with Crippen molar-refractivity contribution < 1.29 is 4.74 Å². The number of benzene rings is 1. The lowest BCUT2D eigenvalue weighted by Gasteiger charge is -2.08. The van der Waals surface area contributed by atoms with Gasteiger partial charge >= 0.3 is 0 Å². The lowest BCUT2D eigenvalue weighted by atomic mass is 10.1. The zero-order valence-corrected chi connectivity index (χ0v) is 11.0. The third kappa shape index (κ3) is 3.82. The van der Waals surface area contributed by atoms with E-state index >= 15 is 0 Å². The average molecular weight is 252 g/mol. The third-order valence-electron chi connectivity index (χ3n) is 2.87. The molecular weight excluding hydrogens is 236 g/mol. The lowest BCUT2D eigenvalue weighted by Crippen LogP contribution is -2.01. The summed E-state index contributed by atoms with van der Waals surface area (Å²) in [4.78, 5) is 3.99. The fraction of sp³-hybridized carbons (Fsp3) is 0.250. The van der Waals surface area contributed by atoms with Gasteiger partial charge in [0.1, 0.15) is 11.8 Å². The first-order chi connectivity index (χ1) is 9.29. The Morgan fingerprint density at radius 2 is 2.00 bits per heavy atom. The van der Waals surface area contributed by atoms with Crippen LogP contribution in [0.4, 0.5) is 0 Å². The van der Waals surface area contributed by atoms with E-state index in [-0.39, 0.29) is 0 Å². The molecule has 0 aliphatic rings. The van der Waals surface area contributed by atoms with E-state index in [0.717, 1.165) is 18.4 Å². The average Bonchev–Trinajstić information content (AvgIpc) is 2.45. The smallest absolute Gasteiger partial charge is 0.137 e. The van der Waals surface area contributed by atoms with Crippen molar-refractivity contribution in [1.82, 2.24) is 4.98 Å². The molecular formula is C16H16N2O. The number of aryl methyl sites for hydroxylation is 2. The van der Waals surface area contributed by atoms with Crippen molar-refractivity contribution in [3.63, 3.8) is 0 Å². The van der Waals surface area contributed by atoms with Crippen molar-refractivity contribution >= 4 is 0 Å². The minimum absolute atomic E-state index is 0.592. The van der Waals surface area contributed by atoms with Gasteiger partial charge in [-0.2, -0.15) is 5.26 Å². The highest BCUT2D eigenvalue weighted by atomic mass is 16.5. The minimum Gasteiger partial charge on any atom is -0.492 e. The molecule has 1 aromatic carbocycles. The van der Waals surface area contributed by atoms with Crippen LogP contribution in [-0.2, 0) is 6.42 Å². The summed E-state index contributed by atoms with van der Waals surface area (Å²) in [5, 5.41) is 9.01. The van der Waals surface area contributed by atoms with Crippen molar-refractivity contribution in [2.45, 2.75) is 19.8 Å². The van der Waals surface area contributed by atoms with Crippen molar-refractivity contribution in [2.75, 3.05) is 6.61 Å². The van der Waals surface area contributed by atoms with E-state index < -0.39 is 0 Å². The zero-order valence-electron chi connectivity index (χ0n) is 11.0. The van der Waals surface area contributed by atoms with Crippen LogP contribution >= 0.6 is 0 Å². The van der Waals surface area contributed by atoms with Crippen LogP contribution in [0.1, 0.15) is 23.1 Å². The summed E-state index contributed by atoms with van der Waals surface area (Å²) in [7, 11) is 0. The van der Waals surface area contributed by atoms with Gasteiger partial charge in [-0.05, 0) is 55.2 Å². The topological polar surface area (TPSA) is 45.9 Å². The maximum Gasteiger partial charge on any atom is 0.137 e. The Balaban J connectivity index is 1.86. The Bertz CT molecular complexity index is 573. The van der Waals surface area contributed by atoms with Gasteiger partial charge in [0.25, 0.3) is 0 Å². The van der Waals surface area contributed by atoms with Crippen LogP contribution in [0.5, 0.6) is 5.75 Å². The molecule has 0 amide bonds. The first-order valence-electron chi connectivity index (χ1n) is 6.32. The molecule has 1 aromatic heterocycles. The predicted octanol–water partition coefficient (Wildman–Crippen LogP) is 3.27. The molecule has 3 heteroatoms. The molecule has 0 fully saturated rings. The molecule has 0 unspecified atom stereocenters. The number of aromatic nitrogens is 1. The van der Waals surface area contributed by atoms with Gasteiger partial charge in [0, 0.05) is 12.4 Å². The van der Waals surface area contributed by atoms with Crippen LogP contribution in [0, 0.1) is 18.3 Å². The first kappa shape index (κ1) is 13.1. The van der Waals surface area contributed by atoms with Crippen molar-refractivity contribution in [3.05, 3.63) is 59.4 Å². The fourth-order valence-electron chi connectivity index (χ4n) is 1.85. The predicted molar refractivity (Wildman–Crippen MR) is 73.9 cm³/mol. The number of hydrogen-bond acceptors (Lipinski definition) is 3. The van der Waals surface area contributed by atoms with Gasteiger partial charge in [0.2, 0.25) is 0 Å². The van der Waals surface area contributed by atoms with E-state index in [1.807, 2.05) is 31.2 Å². The highest BCUT2D eigenvalue weighted by Crippen LogP contribution is 2.19. The van der Waals surface area contributed by atoms with E-state index in [2.05, 4.69) is 11.1 Å². The van der Waals surface area contributed by atoms with Crippen molar-refractivity contribution in [3.8, 4) is 11.8 Å². The monoisotopic (exact) mass is 252 g/mol. The minimum atomic E-state index is 0.592. The zero-order chi connectivity index (χ0) is 13.5. The van der Waals surface area contributed by atoms with Crippen LogP contribution in [0.15, 0.2) is 42.7 Å². The van der Waals surface area contributed by atoms with Crippen LogP contribution in [-0.4, -0.2) is 11.6 Å². The summed E-state index contributed by atoms with van der Waals surface area (Å²) in [6.45, 7) is 2.60. The summed E-state index contributed by atoms with van der Waals surface area (Å²) in [6, 6.07) is 11.8. The summed E-state index contributed by atoms with van der Waals surface area (Å²) in [5.41, 5.74) is 2.95. The van der Waals surface area contributed by atoms with Gasteiger partial charge in [-0.1, -0.05) is 6.07 Å². The quantitative estimate of drug-likeness (QED) is 0.767. The van der Waals surface area contributed by atoms with Gasteiger partial charge < -0.3 is 4.74 Å². The number of nitriles is 1. The molecule has 0 atom stereocenters.